The van der Waals surface area contributed by atoms with Crippen molar-refractivity contribution in [3.8, 4) is 34.7 Å². The summed E-state index contributed by atoms with van der Waals surface area (Å²) in [5.41, 5.74) is 9.92. The van der Waals surface area contributed by atoms with Crippen molar-refractivity contribution >= 4 is 5.91 Å². The number of ether oxygens (including phenoxy) is 1. The van der Waals surface area contributed by atoms with Crippen molar-refractivity contribution in [1.29, 1.82) is 5.26 Å². The van der Waals surface area contributed by atoms with Crippen molar-refractivity contribution in [2.75, 3.05) is 13.1 Å². The van der Waals surface area contributed by atoms with Gasteiger partial charge < -0.3 is 15.0 Å². The minimum absolute atomic E-state index is 0.0263. The highest BCUT2D eigenvalue weighted by atomic mass is 16.5. The molecule has 1 aromatic heterocycles. The number of benzene rings is 2. The van der Waals surface area contributed by atoms with Gasteiger partial charge in [0.1, 0.15) is 11.8 Å². The predicted molar refractivity (Wildman–Crippen MR) is 133 cm³/mol. The monoisotopic (exact) mass is 473 g/mol. The summed E-state index contributed by atoms with van der Waals surface area (Å²) < 4.78 is 11.2. The lowest BCUT2D eigenvalue weighted by Crippen LogP contribution is -2.35. The molecule has 0 radical (unpaired) electrons. The first-order valence-corrected chi connectivity index (χ1v) is 12.0. The summed E-state index contributed by atoms with van der Waals surface area (Å²) >= 11 is 0. The van der Waals surface area contributed by atoms with Crippen LogP contribution in [0.5, 0.6) is 5.75 Å². The summed E-state index contributed by atoms with van der Waals surface area (Å²) in [5.74, 6) is 1.16. The number of rotatable bonds is 8. The Morgan fingerprint density at radius 1 is 1.14 bits per heavy atom. The molecule has 2 heterocycles. The first-order chi connectivity index (χ1) is 16.8. The Kier molecular flexibility index (Phi) is 7.47. The van der Waals surface area contributed by atoms with Crippen LogP contribution in [0.2, 0.25) is 0 Å². The van der Waals surface area contributed by atoms with Gasteiger partial charge in [0.2, 0.25) is 11.7 Å². The molecule has 1 unspecified atom stereocenters. The van der Waals surface area contributed by atoms with Crippen molar-refractivity contribution in [2.45, 2.75) is 58.6 Å². The predicted octanol–water partition coefficient (Wildman–Crippen LogP) is 4.12. The molecule has 0 bridgehead atoms. The highest BCUT2D eigenvalue weighted by Gasteiger charge is 2.20. The zero-order valence-corrected chi connectivity index (χ0v) is 20.5. The number of hydrogen-bond acceptors (Lipinski definition) is 7. The van der Waals surface area contributed by atoms with Gasteiger partial charge in [-0.05, 0) is 75.4 Å². The van der Waals surface area contributed by atoms with E-state index in [1.807, 2.05) is 26.0 Å². The van der Waals surface area contributed by atoms with Crippen molar-refractivity contribution in [3.63, 3.8) is 0 Å². The Hall–Kier alpha value is -3.70. The van der Waals surface area contributed by atoms with Crippen molar-refractivity contribution < 1.29 is 14.1 Å². The number of primary amides is 1. The van der Waals surface area contributed by atoms with Gasteiger partial charge in [0.05, 0.1) is 11.7 Å². The summed E-state index contributed by atoms with van der Waals surface area (Å²) in [5, 5.41) is 13.7. The molecule has 0 aliphatic carbocycles. The van der Waals surface area contributed by atoms with Crippen LogP contribution in [0, 0.1) is 11.3 Å². The third kappa shape index (κ3) is 5.87. The highest BCUT2D eigenvalue weighted by Crippen LogP contribution is 2.29. The smallest absolute Gasteiger partial charge is 0.258 e. The van der Waals surface area contributed by atoms with E-state index < -0.39 is 0 Å². The number of nitriles is 1. The second-order valence-corrected chi connectivity index (χ2v) is 9.29. The van der Waals surface area contributed by atoms with Crippen molar-refractivity contribution in [3.05, 3.63) is 53.1 Å². The number of hydrogen-bond donors (Lipinski definition) is 1. The van der Waals surface area contributed by atoms with Crippen LogP contribution < -0.4 is 10.5 Å². The van der Waals surface area contributed by atoms with Gasteiger partial charge >= 0.3 is 0 Å². The fraction of sp³-hybridized carbons (Fsp3) is 0.407. The molecule has 0 saturated carbocycles. The van der Waals surface area contributed by atoms with Gasteiger partial charge in [0, 0.05) is 36.7 Å². The van der Waals surface area contributed by atoms with Crippen molar-refractivity contribution in [2.24, 2.45) is 5.73 Å². The van der Waals surface area contributed by atoms with E-state index in [-0.39, 0.29) is 12.0 Å². The highest BCUT2D eigenvalue weighted by molar-refractivity contribution is 5.73. The average molecular weight is 474 g/mol. The summed E-state index contributed by atoms with van der Waals surface area (Å²) in [7, 11) is 0. The number of nitrogens with two attached hydrogens (primary N) is 1. The van der Waals surface area contributed by atoms with Gasteiger partial charge in [-0.3, -0.25) is 9.69 Å². The largest absolute Gasteiger partial charge is 0.490 e. The van der Waals surface area contributed by atoms with Crippen LogP contribution in [0.25, 0.3) is 22.8 Å². The topological polar surface area (TPSA) is 118 Å². The van der Waals surface area contributed by atoms with Crippen LogP contribution in [-0.4, -0.2) is 46.2 Å². The number of amides is 1. The fourth-order valence-corrected chi connectivity index (χ4v) is 4.42. The summed E-state index contributed by atoms with van der Waals surface area (Å²) in [6.07, 6.45) is 3.04. The van der Waals surface area contributed by atoms with Gasteiger partial charge in [-0.25, -0.2) is 0 Å². The summed E-state index contributed by atoms with van der Waals surface area (Å²) in [6.45, 7) is 7.88. The lowest BCUT2D eigenvalue weighted by molar-refractivity contribution is -0.118. The summed E-state index contributed by atoms with van der Waals surface area (Å²) in [6, 6.07) is 14.1. The molecule has 4 rings (SSSR count). The quantitative estimate of drug-likeness (QED) is 0.523. The molecule has 0 saturated heterocycles. The average Bonchev–Trinajstić information content (AvgIpc) is 3.23. The molecule has 182 valence electrons. The number of fused-ring (bicyclic) bond motifs is 1. The van der Waals surface area contributed by atoms with Gasteiger partial charge in [-0.2, -0.15) is 10.2 Å². The molecule has 3 aromatic rings. The molecule has 35 heavy (non-hydrogen) atoms. The van der Waals surface area contributed by atoms with Crippen LogP contribution in [0.3, 0.4) is 0 Å². The number of carbonyl (C=O) groups excluding carboxylic acids is 1. The van der Waals surface area contributed by atoms with E-state index in [9.17, 15) is 10.1 Å². The minimum Gasteiger partial charge on any atom is -0.490 e. The zero-order valence-electron chi connectivity index (χ0n) is 20.5. The van der Waals surface area contributed by atoms with E-state index in [1.165, 1.54) is 11.1 Å². The maximum atomic E-state index is 11.1. The van der Waals surface area contributed by atoms with Crippen LogP contribution in [-0.2, 0) is 17.6 Å². The van der Waals surface area contributed by atoms with Gasteiger partial charge in [-0.15, -0.1) is 0 Å². The third-order valence-electron chi connectivity index (χ3n) is 6.37. The molecule has 1 amide bonds. The van der Waals surface area contributed by atoms with Gasteiger partial charge in [-0.1, -0.05) is 17.3 Å². The van der Waals surface area contributed by atoms with Gasteiger partial charge in [0.25, 0.3) is 5.89 Å². The second-order valence-electron chi connectivity index (χ2n) is 9.29. The van der Waals surface area contributed by atoms with Crippen LogP contribution in [0.1, 0.15) is 50.3 Å². The van der Waals surface area contributed by atoms with Crippen LogP contribution >= 0.6 is 0 Å². The number of nitrogens with zero attached hydrogens (tertiary/aromatic N) is 4. The maximum Gasteiger partial charge on any atom is 0.258 e. The van der Waals surface area contributed by atoms with Crippen LogP contribution in [0.4, 0.5) is 0 Å². The Morgan fingerprint density at radius 3 is 2.60 bits per heavy atom. The zero-order chi connectivity index (χ0) is 24.9. The third-order valence-corrected chi connectivity index (χ3v) is 6.37. The first kappa shape index (κ1) is 24.4. The molecular formula is C27H31N5O3. The Morgan fingerprint density at radius 2 is 1.89 bits per heavy atom. The van der Waals surface area contributed by atoms with E-state index in [4.69, 9.17) is 15.0 Å². The molecule has 8 heteroatoms. The lowest BCUT2D eigenvalue weighted by Gasteiger charge is -2.27. The van der Waals surface area contributed by atoms with E-state index in [1.54, 1.807) is 12.1 Å². The van der Waals surface area contributed by atoms with E-state index in [0.717, 1.165) is 37.9 Å². The van der Waals surface area contributed by atoms with Crippen LogP contribution in [0.15, 0.2) is 40.9 Å². The minimum atomic E-state index is -0.247. The maximum absolute atomic E-state index is 11.1. The molecule has 1 aliphatic heterocycles. The van der Waals surface area contributed by atoms with E-state index in [2.05, 4.69) is 40.2 Å². The van der Waals surface area contributed by atoms with Crippen molar-refractivity contribution in [1.82, 2.24) is 15.0 Å². The number of carbonyl (C=O) groups is 1. The molecule has 1 atom stereocenters. The van der Waals surface area contributed by atoms with Gasteiger partial charge in [0.15, 0.2) is 0 Å². The molecule has 2 aromatic carbocycles. The molecule has 0 spiro atoms. The Balaban J connectivity index is 1.50. The first-order valence-electron chi connectivity index (χ1n) is 12.0. The second kappa shape index (κ2) is 10.7. The van der Waals surface area contributed by atoms with E-state index in [0.29, 0.717) is 41.1 Å². The molecule has 8 nitrogen and oxygen atoms in total. The standard InChI is InChI=1S/C27H31N5O3/c1-17(2)34-24-8-7-22(15-23(24)16-28)27-30-26(31-35-27)21-6-5-19-10-12-32(13-11-20(19)14-21)18(3)4-9-25(29)33/h5-8,14-15,17-18H,4,9-13H2,1-3H3,(H2,29,33). The lowest BCUT2D eigenvalue weighted by atomic mass is 10.00. The Bertz CT molecular complexity index is 1240. The SMILES string of the molecule is CC(C)Oc1ccc(-c2nc(-c3ccc4c(c3)CCN(C(C)CCC(N)=O)CC4)no2)cc1C#N. The molecular weight excluding hydrogens is 442 g/mol. The summed E-state index contributed by atoms with van der Waals surface area (Å²) in [4.78, 5) is 18.2. The molecule has 0 fully saturated rings. The molecule has 1 aliphatic rings. The van der Waals surface area contributed by atoms with E-state index >= 15 is 0 Å². The Labute approximate surface area is 205 Å². The molecule has 2 N–H and O–H groups in total. The number of aromatic nitrogens is 2. The normalized spacial score (nSPS) is 14.7. The fourth-order valence-electron chi connectivity index (χ4n) is 4.42.